The number of aliphatic carboxylic acids is 3. The molecule has 16 heteroatoms. The van der Waals surface area contributed by atoms with E-state index >= 15 is 0 Å². The van der Waals surface area contributed by atoms with Crippen LogP contribution in [0.4, 0.5) is 39.5 Å². The van der Waals surface area contributed by atoms with Crippen molar-refractivity contribution in [3.8, 4) is 0 Å². The van der Waals surface area contributed by atoms with E-state index in [1.807, 2.05) is 0 Å². The molecule has 32 heavy (non-hydrogen) atoms. The summed E-state index contributed by atoms with van der Waals surface area (Å²) in [5, 5.41) is 26.4. The Kier molecular flexibility index (Phi) is 15.7. The van der Waals surface area contributed by atoms with E-state index in [4.69, 9.17) is 29.7 Å². The number of carbonyl (C=O) groups excluding carboxylic acids is 3. The number of carboxylic acids is 3. The van der Waals surface area contributed by atoms with Crippen molar-refractivity contribution >= 4 is 17.9 Å². The number of alkyl halides is 9. The third-order valence-corrected chi connectivity index (χ3v) is 3.26. The molecule has 0 heterocycles. The number of hydrogen-bond acceptors (Lipinski definition) is 6. The van der Waals surface area contributed by atoms with Gasteiger partial charge in [0.25, 0.3) is 0 Å². The summed E-state index contributed by atoms with van der Waals surface area (Å²) in [6, 6.07) is 0. The van der Waals surface area contributed by atoms with Crippen molar-refractivity contribution in [3.63, 3.8) is 0 Å². The van der Waals surface area contributed by atoms with E-state index in [2.05, 4.69) is 40.7 Å². The van der Waals surface area contributed by atoms with Crippen molar-refractivity contribution in [2.24, 2.45) is 5.41 Å². The molecule has 0 radical (unpaired) electrons. The van der Waals surface area contributed by atoms with Crippen molar-refractivity contribution in [1.29, 1.82) is 0 Å². The molecule has 0 bridgehead atoms. The van der Waals surface area contributed by atoms with Crippen LogP contribution in [0.25, 0.3) is 0 Å². The van der Waals surface area contributed by atoms with Gasteiger partial charge in [-0.05, 0) is 0 Å². The maximum Gasteiger partial charge on any atom is 4.00 e. The fourth-order valence-corrected chi connectivity index (χ4v) is 1.41. The minimum absolute atomic E-state index is 0. The Morgan fingerprint density at radius 1 is 0.688 bits per heavy atom. The monoisotopic (exact) mass is 522 g/mol. The first-order valence-electron chi connectivity index (χ1n) is 7.43. The van der Waals surface area contributed by atoms with E-state index in [9.17, 15) is 39.5 Å². The predicted molar refractivity (Wildman–Crippen MR) is 77.8 cm³/mol. The maximum absolute atomic E-state index is 10.5. The molecule has 182 valence electrons. The molecule has 0 amide bonds. The summed E-state index contributed by atoms with van der Waals surface area (Å²) in [5.74, 6) is -9.02. The number of carbonyl (C=O) groups is 3. The zero-order chi connectivity index (χ0) is 26.2. The zero-order valence-corrected chi connectivity index (χ0v) is 18.4. The quantitative estimate of drug-likeness (QED) is 0.266. The molecule has 0 fully saturated rings. The first kappa shape index (κ1) is 37.3. The van der Waals surface area contributed by atoms with Crippen LogP contribution in [0.5, 0.6) is 0 Å². The van der Waals surface area contributed by atoms with Crippen LogP contribution in [0.2, 0.25) is 0 Å². The van der Waals surface area contributed by atoms with Gasteiger partial charge in [0.05, 0.1) is 0 Å². The molecule has 0 unspecified atom stereocenters. The molecule has 1 aliphatic rings. The summed E-state index contributed by atoms with van der Waals surface area (Å²) in [7, 11) is 0. The van der Waals surface area contributed by atoms with E-state index in [0.717, 1.165) is 0 Å². The van der Waals surface area contributed by atoms with Gasteiger partial charge in [-0.3, -0.25) is 6.08 Å². The van der Waals surface area contributed by atoms with Gasteiger partial charge < -0.3 is 29.7 Å². The molecule has 0 spiro atoms. The summed E-state index contributed by atoms with van der Waals surface area (Å²) in [6.07, 6.45) is -12.1. The first-order valence-corrected chi connectivity index (χ1v) is 7.43. The van der Waals surface area contributed by atoms with Gasteiger partial charge in [0, 0.05) is 0 Å². The largest absolute Gasteiger partial charge is 4.00 e. The van der Waals surface area contributed by atoms with Crippen LogP contribution in [-0.4, -0.2) is 36.4 Å². The Labute approximate surface area is 190 Å². The molecule has 0 aromatic rings. The zero-order valence-electron chi connectivity index (χ0n) is 16.9. The predicted octanol–water partition coefficient (Wildman–Crippen LogP) is 1.01. The SMILES string of the molecule is CC1=[C-]C(C)(C)C(C)=C1C.O=C([O-])C(F)(F)F.O=C([O-])C(F)(F)F.O=C([O-])C(F)(F)F.[Ti+4]. The van der Waals surface area contributed by atoms with Gasteiger partial charge in [-0.1, -0.05) is 33.1 Å². The summed E-state index contributed by atoms with van der Waals surface area (Å²) >= 11 is 0. The molecule has 0 N–H and O–H groups in total. The molecule has 0 aliphatic heterocycles. The maximum atomic E-state index is 10.5. The van der Waals surface area contributed by atoms with E-state index in [0.29, 0.717) is 0 Å². The second-order valence-electron chi connectivity index (χ2n) is 5.98. The van der Waals surface area contributed by atoms with Crippen LogP contribution in [0.3, 0.4) is 0 Å². The normalized spacial score (nSPS) is 14.8. The van der Waals surface area contributed by atoms with E-state index in [1.54, 1.807) is 0 Å². The fourth-order valence-electron chi connectivity index (χ4n) is 1.41. The summed E-state index contributed by atoms with van der Waals surface area (Å²) in [4.78, 5) is 26.4. The number of hydrogen-bond donors (Lipinski definition) is 0. The van der Waals surface area contributed by atoms with Crippen molar-refractivity contribution in [2.75, 3.05) is 0 Å². The third kappa shape index (κ3) is 16.6. The average Bonchev–Trinajstić information content (AvgIpc) is 2.68. The van der Waals surface area contributed by atoms with Crippen LogP contribution >= 0.6 is 0 Å². The van der Waals surface area contributed by atoms with Gasteiger partial charge in [-0.25, -0.2) is 5.57 Å². The Morgan fingerprint density at radius 2 is 0.875 bits per heavy atom. The van der Waals surface area contributed by atoms with Gasteiger partial charge in [-0.15, -0.1) is 6.92 Å². The van der Waals surface area contributed by atoms with Gasteiger partial charge in [0.1, 0.15) is 17.9 Å². The van der Waals surface area contributed by atoms with E-state index in [-0.39, 0.29) is 27.1 Å². The molecule has 0 atom stereocenters. The van der Waals surface area contributed by atoms with Crippen molar-refractivity contribution in [2.45, 2.75) is 53.1 Å². The van der Waals surface area contributed by atoms with Gasteiger partial charge in [-0.2, -0.15) is 50.7 Å². The molecule has 1 aliphatic carbocycles. The Morgan fingerprint density at radius 3 is 0.906 bits per heavy atom. The fraction of sp³-hybridized carbons (Fsp3) is 0.562. The van der Waals surface area contributed by atoms with Crippen LogP contribution in [0, 0.1) is 11.5 Å². The smallest absolute Gasteiger partial charge is 0.542 e. The van der Waals surface area contributed by atoms with Gasteiger partial charge in [0.15, 0.2) is 0 Å². The van der Waals surface area contributed by atoms with Crippen LogP contribution in [0.15, 0.2) is 16.7 Å². The van der Waals surface area contributed by atoms with E-state index in [1.165, 1.54) is 16.7 Å². The minimum atomic E-state index is -5.19. The second kappa shape index (κ2) is 13.5. The van der Waals surface area contributed by atoms with Crippen molar-refractivity contribution < 1.29 is 90.9 Å². The van der Waals surface area contributed by atoms with Crippen LogP contribution < -0.4 is 15.3 Å². The molecule has 6 nitrogen and oxygen atoms in total. The van der Waals surface area contributed by atoms with E-state index < -0.39 is 36.4 Å². The van der Waals surface area contributed by atoms with Crippen molar-refractivity contribution in [3.05, 3.63) is 22.8 Å². The number of allylic oxidation sites excluding steroid dienone is 4. The topological polar surface area (TPSA) is 120 Å². The molecule has 0 aromatic heterocycles. The molecule has 1 rings (SSSR count). The summed E-state index contributed by atoms with van der Waals surface area (Å²) in [6.45, 7) is 10.9. The second-order valence-corrected chi connectivity index (χ2v) is 5.98. The minimum Gasteiger partial charge on any atom is -0.542 e. The number of halogens is 9. The molecule has 0 aromatic carbocycles. The van der Waals surface area contributed by atoms with Gasteiger partial charge >= 0.3 is 40.2 Å². The summed E-state index contributed by atoms with van der Waals surface area (Å²) < 4.78 is 94.6. The molecular formula is C16H15F9O6Ti. The molecule has 0 saturated carbocycles. The number of rotatable bonds is 0. The van der Waals surface area contributed by atoms with Crippen LogP contribution in [-0.2, 0) is 36.1 Å². The molecule has 0 saturated heterocycles. The Balaban J connectivity index is -0.000000164. The van der Waals surface area contributed by atoms with Crippen LogP contribution in [0.1, 0.15) is 34.6 Å². The first-order chi connectivity index (χ1) is 13.3. The molecular weight excluding hydrogens is 507 g/mol. The number of carboxylic acid groups (broad SMARTS) is 3. The third-order valence-electron chi connectivity index (χ3n) is 3.26. The summed E-state index contributed by atoms with van der Waals surface area (Å²) in [5.41, 5.74) is 4.39. The van der Waals surface area contributed by atoms with Crippen molar-refractivity contribution in [1.82, 2.24) is 0 Å². The average molecular weight is 522 g/mol. The Hall–Kier alpha value is -2.03. The Bertz CT molecular complexity index is 660. The standard InChI is InChI=1S/C10H15.3C2HF3O2.Ti/c1-7-6-10(4,5)9(3)8(7)2;3*3-2(4,5)1(6)7;/h1-5H3;3*(H,6,7);/q-1;;;;+4/p-3. The van der Waals surface area contributed by atoms with Gasteiger partial charge in [0.2, 0.25) is 0 Å².